The van der Waals surface area contributed by atoms with Gasteiger partial charge in [-0.25, -0.2) is 0 Å². The number of hydrogen-bond acceptors (Lipinski definition) is 2. The van der Waals surface area contributed by atoms with Gasteiger partial charge in [0.25, 0.3) is 0 Å². The average Bonchev–Trinajstić information content (AvgIpc) is 2.34. The normalized spacial score (nSPS) is 25.3. The standard InChI is InChI=1S/C15H28N2O/c1-5-13(4)16-8-6-15(7-9-16)10-17(11-15)14(18)12(2)3/h12-13H,5-11H2,1-4H3. The number of hydrogen-bond donors (Lipinski definition) is 0. The van der Waals surface area contributed by atoms with Crippen molar-refractivity contribution < 1.29 is 4.79 Å². The summed E-state index contributed by atoms with van der Waals surface area (Å²) >= 11 is 0. The molecule has 0 saturated carbocycles. The molecule has 1 atom stereocenters. The lowest BCUT2D eigenvalue weighted by atomic mass is 9.71. The van der Waals surface area contributed by atoms with E-state index in [1.165, 1.54) is 32.4 Å². The topological polar surface area (TPSA) is 23.6 Å². The molecule has 2 heterocycles. The van der Waals surface area contributed by atoms with Crippen molar-refractivity contribution in [1.82, 2.24) is 9.80 Å². The predicted octanol–water partition coefficient (Wildman–Crippen LogP) is 2.37. The molecule has 2 fully saturated rings. The molecule has 104 valence electrons. The van der Waals surface area contributed by atoms with Crippen LogP contribution in [0.4, 0.5) is 0 Å². The van der Waals surface area contributed by atoms with Crippen LogP contribution in [0, 0.1) is 11.3 Å². The highest BCUT2D eigenvalue weighted by atomic mass is 16.2. The summed E-state index contributed by atoms with van der Waals surface area (Å²) in [5.41, 5.74) is 0.467. The van der Waals surface area contributed by atoms with E-state index in [4.69, 9.17) is 0 Å². The summed E-state index contributed by atoms with van der Waals surface area (Å²) in [6.07, 6.45) is 3.80. The first-order valence-electron chi connectivity index (χ1n) is 7.50. The highest BCUT2D eigenvalue weighted by Crippen LogP contribution is 2.41. The summed E-state index contributed by atoms with van der Waals surface area (Å²) in [7, 11) is 0. The molecule has 1 spiro atoms. The van der Waals surface area contributed by atoms with Crippen molar-refractivity contribution in [2.45, 2.75) is 53.0 Å². The van der Waals surface area contributed by atoms with Crippen molar-refractivity contribution >= 4 is 5.91 Å². The fraction of sp³-hybridized carbons (Fsp3) is 0.933. The van der Waals surface area contributed by atoms with Gasteiger partial charge in [0.2, 0.25) is 5.91 Å². The Labute approximate surface area is 112 Å². The number of carbonyl (C=O) groups is 1. The van der Waals surface area contributed by atoms with E-state index in [9.17, 15) is 4.79 Å². The van der Waals surface area contributed by atoms with Crippen LogP contribution in [-0.2, 0) is 4.79 Å². The first-order chi connectivity index (χ1) is 8.47. The van der Waals surface area contributed by atoms with E-state index < -0.39 is 0 Å². The molecule has 0 aliphatic carbocycles. The van der Waals surface area contributed by atoms with Gasteiger partial charge in [-0.3, -0.25) is 4.79 Å². The maximum Gasteiger partial charge on any atom is 0.225 e. The van der Waals surface area contributed by atoms with Gasteiger partial charge in [0, 0.05) is 30.5 Å². The second-order valence-electron chi connectivity index (χ2n) is 6.64. The van der Waals surface area contributed by atoms with Gasteiger partial charge in [-0.05, 0) is 39.3 Å². The van der Waals surface area contributed by atoms with Crippen LogP contribution in [0.2, 0.25) is 0 Å². The molecule has 2 saturated heterocycles. The summed E-state index contributed by atoms with van der Waals surface area (Å²) < 4.78 is 0. The zero-order valence-electron chi connectivity index (χ0n) is 12.4. The Morgan fingerprint density at radius 3 is 2.17 bits per heavy atom. The molecule has 2 aliphatic heterocycles. The number of rotatable bonds is 3. The van der Waals surface area contributed by atoms with Crippen molar-refractivity contribution in [2.24, 2.45) is 11.3 Å². The predicted molar refractivity (Wildman–Crippen MR) is 74.4 cm³/mol. The third-order valence-corrected chi connectivity index (χ3v) is 4.93. The van der Waals surface area contributed by atoms with E-state index in [2.05, 4.69) is 23.6 Å². The second kappa shape index (κ2) is 5.20. The van der Waals surface area contributed by atoms with Crippen LogP contribution in [0.25, 0.3) is 0 Å². The number of nitrogens with zero attached hydrogens (tertiary/aromatic N) is 2. The molecule has 0 bridgehead atoms. The minimum absolute atomic E-state index is 0.155. The Kier molecular flexibility index (Phi) is 4.00. The highest BCUT2D eigenvalue weighted by molar-refractivity contribution is 5.79. The van der Waals surface area contributed by atoms with E-state index in [1.54, 1.807) is 0 Å². The quantitative estimate of drug-likeness (QED) is 0.770. The van der Waals surface area contributed by atoms with Crippen molar-refractivity contribution in [2.75, 3.05) is 26.2 Å². The van der Waals surface area contributed by atoms with Crippen LogP contribution < -0.4 is 0 Å². The molecular formula is C15H28N2O. The molecule has 0 aromatic carbocycles. The van der Waals surface area contributed by atoms with Crippen LogP contribution in [0.3, 0.4) is 0 Å². The molecule has 0 radical (unpaired) electrons. The largest absolute Gasteiger partial charge is 0.341 e. The number of carbonyl (C=O) groups excluding carboxylic acids is 1. The summed E-state index contributed by atoms with van der Waals surface area (Å²) in [5.74, 6) is 0.493. The van der Waals surface area contributed by atoms with Gasteiger partial charge in [-0.2, -0.15) is 0 Å². The average molecular weight is 252 g/mol. The number of piperidine rings is 1. The van der Waals surface area contributed by atoms with E-state index in [1.807, 2.05) is 13.8 Å². The lowest BCUT2D eigenvalue weighted by Gasteiger charge is -2.55. The molecule has 3 heteroatoms. The minimum Gasteiger partial charge on any atom is -0.341 e. The first-order valence-corrected chi connectivity index (χ1v) is 7.50. The zero-order chi connectivity index (χ0) is 13.3. The smallest absolute Gasteiger partial charge is 0.225 e. The molecule has 1 unspecified atom stereocenters. The van der Waals surface area contributed by atoms with Gasteiger partial charge < -0.3 is 9.80 Å². The van der Waals surface area contributed by atoms with E-state index in [0.29, 0.717) is 11.3 Å². The minimum atomic E-state index is 0.155. The van der Waals surface area contributed by atoms with Crippen LogP contribution >= 0.6 is 0 Å². The molecule has 0 N–H and O–H groups in total. The van der Waals surface area contributed by atoms with Crippen LogP contribution in [0.1, 0.15) is 47.0 Å². The second-order valence-corrected chi connectivity index (χ2v) is 6.64. The lowest BCUT2D eigenvalue weighted by molar-refractivity contribution is -0.150. The van der Waals surface area contributed by atoms with Gasteiger partial charge in [0.05, 0.1) is 0 Å². The number of likely N-dealkylation sites (tertiary alicyclic amines) is 2. The Morgan fingerprint density at radius 2 is 1.72 bits per heavy atom. The Bertz CT molecular complexity index is 298. The Balaban J connectivity index is 1.80. The molecule has 18 heavy (non-hydrogen) atoms. The van der Waals surface area contributed by atoms with Gasteiger partial charge >= 0.3 is 0 Å². The van der Waals surface area contributed by atoms with Crippen molar-refractivity contribution in [3.05, 3.63) is 0 Å². The molecule has 2 rings (SSSR count). The fourth-order valence-electron chi connectivity index (χ4n) is 3.30. The molecule has 2 aliphatic rings. The Hall–Kier alpha value is -0.570. The van der Waals surface area contributed by atoms with Crippen molar-refractivity contribution in [3.8, 4) is 0 Å². The van der Waals surface area contributed by atoms with Gasteiger partial charge in [-0.1, -0.05) is 20.8 Å². The van der Waals surface area contributed by atoms with E-state index in [-0.39, 0.29) is 5.92 Å². The maximum atomic E-state index is 11.9. The third-order valence-electron chi connectivity index (χ3n) is 4.93. The van der Waals surface area contributed by atoms with Crippen molar-refractivity contribution in [1.29, 1.82) is 0 Å². The highest BCUT2D eigenvalue weighted by Gasteiger charge is 2.47. The zero-order valence-corrected chi connectivity index (χ0v) is 12.4. The fourth-order valence-corrected chi connectivity index (χ4v) is 3.30. The SMILES string of the molecule is CCC(C)N1CCC2(CC1)CN(C(=O)C(C)C)C2. The summed E-state index contributed by atoms with van der Waals surface area (Å²) in [5, 5.41) is 0. The van der Waals surface area contributed by atoms with E-state index in [0.717, 1.165) is 19.1 Å². The summed E-state index contributed by atoms with van der Waals surface area (Å²) in [6, 6.07) is 0.718. The Morgan fingerprint density at radius 1 is 1.17 bits per heavy atom. The molecule has 3 nitrogen and oxygen atoms in total. The third kappa shape index (κ3) is 2.56. The van der Waals surface area contributed by atoms with Gasteiger partial charge in [-0.15, -0.1) is 0 Å². The lowest BCUT2D eigenvalue weighted by Crippen LogP contribution is -2.63. The maximum absolute atomic E-state index is 11.9. The summed E-state index contributed by atoms with van der Waals surface area (Å²) in [6.45, 7) is 13.1. The molecular weight excluding hydrogens is 224 g/mol. The first kappa shape index (κ1) is 13.9. The van der Waals surface area contributed by atoms with E-state index >= 15 is 0 Å². The molecule has 0 aromatic rings. The van der Waals surface area contributed by atoms with Crippen LogP contribution in [0.15, 0.2) is 0 Å². The van der Waals surface area contributed by atoms with Crippen LogP contribution in [-0.4, -0.2) is 47.9 Å². The van der Waals surface area contributed by atoms with Crippen molar-refractivity contribution in [3.63, 3.8) is 0 Å². The number of amides is 1. The molecule has 0 aromatic heterocycles. The van der Waals surface area contributed by atoms with Gasteiger partial charge in [0.1, 0.15) is 0 Å². The van der Waals surface area contributed by atoms with Gasteiger partial charge in [0.15, 0.2) is 0 Å². The summed E-state index contributed by atoms with van der Waals surface area (Å²) in [4.78, 5) is 16.6. The monoisotopic (exact) mass is 252 g/mol. The van der Waals surface area contributed by atoms with Crippen LogP contribution in [0.5, 0.6) is 0 Å². The molecule has 1 amide bonds.